The smallest absolute Gasteiger partial charge is 0.249 e. The molecule has 1 amide bonds. The van der Waals surface area contributed by atoms with Gasteiger partial charge < -0.3 is 10.1 Å². The van der Waals surface area contributed by atoms with Gasteiger partial charge in [-0.2, -0.15) is 0 Å². The Morgan fingerprint density at radius 2 is 1.96 bits per heavy atom. The summed E-state index contributed by atoms with van der Waals surface area (Å²) in [6.07, 6.45) is 0.642. The first-order valence-electron chi connectivity index (χ1n) is 7.70. The molecule has 0 bridgehead atoms. The second-order valence-corrected chi connectivity index (χ2v) is 6.87. The van der Waals surface area contributed by atoms with E-state index in [9.17, 15) is 9.59 Å². The topological polar surface area (TPSA) is 67.8 Å². The third kappa shape index (κ3) is 2.48. The Morgan fingerprint density at radius 1 is 1.12 bits per heavy atom. The first-order chi connectivity index (χ1) is 11.6. The molecule has 0 spiro atoms. The standard InChI is InChI=1S/C17H14Cl2N2O3/c18-9-2-1-8(5-10(9)19)14-15-12(6-24-7-13(15)22)21-11-3-4-20-17(23)16(11)14/h1-2,5,14-15H,3-4,6-7H2,(H,20,23). The number of halogens is 2. The number of ketones is 1. The maximum atomic E-state index is 12.5. The van der Waals surface area contributed by atoms with Crippen LogP contribution < -0.4 is 5.32 Å². The Balaban J connectivity index is 1.91. The lowest BCUT2D eigenvalue weighted by molar-refractivity contribution is -0.127. The first kappa shape index (κ1) is 15.8. The van der Waals surface area contributed by atoms with E-state index in [1.54, 1.807) is 12.1 Å². The van der Waals surface area contributed by atoms with Crippen LogP contribution >= 0.6 is 23.2 Å². The highest BCUT2D eigenvalue weighted by Crippen LogP contribution is 2.43. The molecule has 2 atom stereocenters. The number of rotatable bonds is 1. The highest BCUT2D eigenvalue weighted by Gasteiger charge is 2.45. The van der Waals surface area contributed by atoms with Gasteiger partial charge in [-0.15, -0.1) is 0 Å². The molecule has 0 saturated carbocycles. The van der Waals surface area contributed by atoms with Gasteiger partial charge in [0.05, 0.1) is 34.0 Å². The van der Waals surface area contributed by atoms with Gasteiger partial charge in [-0.25, -0.2) is 0 Å². The van der Waals surface area contributed by atoms with E-state index in [-0.39, 0.29) is 18.3 Å². The van der Waals surface area contributed by atoms with Gasteiger partial charge in [0.2, 0.25) is 5.91 Å². The van der Waals surface area contributed by atoms with Gasteiger partial charge in [-0.1, -0.05) is 29.3 Å². The Kier molecular flexibility index (Phi) is 3.95. The normalized spacial score (nSPS) is 26.5. The van der Waals surface area contributed by atoms with Crippen LogP contribution in [0.2, 0.25) is 10.0 Å². The van der Waals surface area contributed by atoms with Crippen LogP contribution in [0, 0.1) is 5.92 Å². The molecule has 0 aromatic heterocycles. The molecule has 1 saturated heterocycles. The number of Topliss-reactive ketones (excluding diaryl/α,β-unsaturated/α-hetero) is 1. The Labute approximate surface area is 148 Å². The van der Waals surface area contributed by atoms with E-state index >= 15 is 0 Å². The summed E-state index contributed by atoms with van der Waals surface area (Å²) in [4.78, 5) is 29.6. The summed E-state index contributed by atoms with van der Waals surface area (Å²) in [6, 6.07) is 5.24. The number of nitrogens with one attached hydrogen (secondary N) is 1. The van der Waals surface area contributed by atoms with Crippen molar-refractivity contribution < 1.29 is 14.3 Å². The zero-order valence-corrected chi connectivity index (χ0v) is 14.2. The van der Waals surface area contributed by atoms with Crippen LogP contribution in [0.1, 0.15) is 17.9 Å². The zero-order valence-electron chi connectivity index (χ0n) is 12.6. The molecular weight excluding hydrogens is 351 g/mol. The molecule has 4 rings (SSSR count). The Morgan fingerprint density at radius 3 is 2.75 bits per heavy atom. The molecule has 3 aliphatic rings. The van der Waals surface area contributed by atoms with Crippen molar-refractivity contribution in [2.45, 2.75) is 12.3 Å². The van der Waals surface area contributed by atoms with E-state index < -0.39 is 11.8 Å². The van der Waals surface area contributed by atoms with E-state index in [1.165, 1.54) is 0 Å². The van der Waals surface area contributed by atoms with Crippen LogP contribution in [0.3, 0.4) is 0 Å². The third-order valence-electron chi connectivity index (χ3n) is 4.63. The van der Waals surface area contributed by atoms with E-state index in [2.05, 4.69) is 10.3 Å². The quantitative estimate of drug-likeness (QED) is 0.832. The highest BCUT2D eigenvalue weighted by atomic mass is 35.5. The molecule has 1 N–H and O–H groups in total. The van der Waals surface area contributed by atoms with Crippen LogP contribution in [0.25, 0.3) is 0 Å². The van der Waals surface area contributed by atoms with Crippen LogP contribution in [-0.2, 0) is 14.3 Å². The van der Waals surface area contributed by atoms with Crippen LogP contribution in [0.4, 0.5) is 0 Å². The number of benzene rings is 1. The SMILES string of the molecule is O=C1NCCC2=C1C(c1ccc(Cl)c(Cl)c1)C1C(=O)COCC1=N2. The van der Waals surface area contributed by atoms with Crippen molar-refractivity contribution in [3.63, 3.8) is 0 Å². The fourth-order valence-corrected chi connectivity index (χ4v) is 3.91. The fraction of sp³-hybridized carbons (Fsp3) is 0.353. The second kappa shape index (κ2) is 5.99. The highest BCUT2D eigenvalue weighted by molar-refractivity contribution is 6.42. The van der Waals surface area contributed by atoms with E-state index in [1.807, 2.05) is 6.07 Å². The molecule has 3 aliphatic heterocycles. The maximum absolute atomic E-state index is 12.5. The van der Waals surface area contributed by atoms with Crippen LogP contribution in [-0.4, -0.2) is 37.2 Å². The molecule has 124 valence electrons. The number of nitrogens with zero attached hydrogens (tertiary/aromatic N) is 1. The van der Waals surface area contributed by atoms with Crippen molar-refractivity contribution in [2.75, 3.05) is 19.8 Å². The van der Waals surface area contributed by atoms with Crippen molar-refractivity contribution >= 4 is 40.6 Å². The summed E-state index contributed by atoms with van der Waals surface area (Å²) in [5.74, 6) is -1.13. The number of hydrogen-bond acceptors (Lipinski definition) is 4. The summed E-state index contributed by atoms with van der Waals surface area (Å²) in [5.41, 5.74) is 2.78. The number of carbonyl (C=O) groups excluding carboxylic acids is 2. The van der Waals surface area contributed by atoms with E-state index in [0.29, 0.717) is 40.9 Å². The number of hydrogen-bond donors (Lipinski definition) is 1. The summed E-state index contributed by atoms with van der Waals surface area (Å²) >= 11 is 12.2. The summed E-state index contributed by atoms with van der Waals surface area (Å²) in [5, 5.41) is 3.68. The minimum Gasteiger partial charge on any atom is -0.368 e. The number of aliphatic imine (C=N–C) groups is 1. The molecule has 24 heavy (non-hydrogen) atoms. The van der Waals surface area contributed by atoms with Gasteiger partial charge in [0, 0.05) is 24.5 Å². The molecule has 5 nitrogen and oxygen atoms in total. The molecular formula is C17H14Cl2N2O3. The zero-order chi connectivity index (χ0) is 16.8. The number of carbonyl (C=O) groups is 2. The Bertz CT molecular complexity index is 816. The summed E-state index contributed by atoms with van der Waals surface area (Å²) in [7, 11) is 0. The average molecular weight is 365 g/mol. The molecule has 3 heterocycles. The number of fused-ring (bicyclic) bond motifs is 1. The Hall–Kier alpha value is -1.69. The van der Waals surface area contributed by atoms with Crippen molar-refractivity contribution in [2.24, 2.45) is 10.9 Å². The van der Waals surface area contributed by atoms with Gasteiger partial charge >= 0.3 is 0 Å². The predicted molar refractivity (Wildman–Crippen MR) is 90.6 cm³/mol. The lowest BCUT2D eigenvalue weighted by atomic mass is 9.72. The second-order valence-electron chi connectivity index (χ2n) is 6.06. The average Bonchev–Trinajstić information content (AvgIpc) is 2.56. The monoisotopic (exact) mass is 364 g/mol. The predicted octanol–water partition coefficient (Wildman–Crippen LogP) is 2.52. The fourth-order valence-electron chi connectivity index (χ4n) is 3.60. The molecule has 1 fully saturated rings. The minimum absolute atomic E-state index is 0.0335. The summed E-state index contributed by atoms with van der Waals surface area (Å²) in [6.45, 7) is 0.889. The molecule has 1 aromatic carbocycles. The molecule has 2 unspecified atom stereocenters. The molecule has 0 aliphatic carbocycles. The lowest BCUT2D eigenvalue weighted by Gasteiger charge is -2.37. The van der Waals surface area contributed by atoms with Gasteiger partial charge in [0.15, 0.2) is 5.78 Å². The lowest BCUT2D eigenvalue weighted by Crippen LogP contribution is -2.46. The van der Waals surface area contributed by atoms with Crippen molar-refractivity contribution in [1.29, 1.82) is 0 Å². The van der Waals surface area contributed by atoms with Crippen molar-refractivity contribution in [3.05, 3.63) is 45.1 Å². The van der Waals surface area contributed by atoms with Gasteiger partial charge in [0.25, 0.3) is 0 Å². The number of amides is 1. The van der Waals surface area contributed by atoms with Crippen LogP contribution in [0.5, 0.6) is 0 Å². The van der Waals surface area contributed by atoms with Gasteiger partial charge in [-0.05, 0) is 17.7 Å². The minimum atomic E-state index is -0.487. The number of ether oxygens (including phenoxy) is 1. The maximum Gasteiger partial charge on any atom is 0.249 e. The summed E-state index contributed by atoms with van der Waals surface area (Å²) < 4.78 is 5.33. The van der Waals surface area contributed by atoms with E-state index in [0.717, 1.165) is 11.3 Å². The largest absolute Gasteiger partial charge is 0.368 e. The van der Waals surface area contributed by atoms with Crippen molar-refractivity contribution in [3.8, 4) is 0 Å². The van der Waals surface area contributed by atoms with Gasteiger partial charge in [-0.3, -0.25) is 14.6 Å². The third-order valence-corrected chi connectivity index (χ3v) is 5.37. The molecule has 7 heteroatoms. The first-order valence-corrected chi connectivity index (χ1v) is 8.46. The molecule has 0 radical (unpaired) electrons. The van der Waals surface area contributed by atoms with Crippen molar-refractivity contribution in [1.82, 2.24) is 5.32 Å². The van der Waals surface area contributed by atoms with E-state index in [4.69, 9.17) is 27.9 Å². The van der Waals surface area contributed by atoms with Crippen LogP contribution in [0.15, 0.2) is 34.5 Å². The van der Waals surface area contributed by atoms with Gasteiger partial charge in [0.1, 0.15) is 6.61 Å². The molecule has 1 aromatic rings.